The summed E-state index contributed by atoms with van der Waals surface area (Å²) in [5.41, 5.74) is 3.71. The summed E-state index contributed by atoms with van der Waals surface area (Å²) in [5, 5.41) is 4.32. The van der Waals surface area contributed by atoms with Crippen molar-refractivity contribution in [3.05, 3.63) is 72.4 Å². The van der Waals surface area contributed by atoms with Gasteiger partial charge in [-0.3, -0.25) is 4.98 Å². The maximum atomic E-state index is 6.39. The Morgan fingerprint density at radius 1 is 0.811 bits per heavy atom. The number of methoxy groups -OCH3 is 2. The minimum atomic E-state index is 0.289. The number of pyridine rings is 1. The van der Waals surface area contributed by atoms with E-state index in [9.17, 15) is 0 Å². The third kappa shape index (κ3) is 5.73. The van der Waals surface area contributed by atoms with Crippen LogP contribution in [0.1, 0.15) is 18.4 Å². The first-order chi connectivity index (χ1) is 18.0. The second-order valence-corrected chi connectivity index (χ2v) is 9.39. The van der Waals surface area contributed by atoms with Gasteiger partial charge in [0.1, 0.15) is 23.4 Å². The number of benzene rings is 3. The number of nitrogens with zero attached hydrogens (tertiary/aromatic N) is 2. The van der Waals surface area contributed by atoms with Gasteiger partial charge in [0.15, 0.2) is 11.5 Å². The number of piperidine rings is 1. The molecule has 2 heterocycles. The van der Waals surface area contributed by atoms with Crippen molar-refractivity contribution in [3.8, 4) is 28.7 Å². The average molecular weight is 500 g/mol. The molecular weight excluding hydrogens is 466 g/mol. The number of ether oxygens (including phenoxy) is 4. The predicted molar refractivity (Wildman–Crippen MR) is 147 cm³/mol. The van der Waals surface area contributed by atoms with E-state index in [0.29, 0.717) is 17.2 Å². The van der Waals surface area contributed by atoms with E-state index in [1.54, 1.807) is 20.4 Å². The molecule has 1 aliphatic rings. The molecule has 5 rings (SSSR count). The normalized spacial score (nSPS) is 14.4. The fourth-order valence-electron chi connectivity index (χ4n) is 4.52. The van der Waals surface area contributed by atoms with Crippen molar-refractivity contribution in [2.24, 2.45) is 0 Å². The molecule has 0 radical (unpaired) electrons. The number of rotatable bonds is 8. The van der Waals surface area contributed by atoms with Gasteiger partial charge in [0.2, 0.25) is 0 Å². The van der Waals surface area contributed by atoms with Crippen LogP contribution in [0.15, 0.2) is 66.9 Å². The zero-order chi connectivity index (χ0) is 25.8. The van der Waals surface area contributed by atoms with Gasteiger partial charge >= 0.3 is 0 Å². The number of fused-ring (bicyclic) bond motifs is 1. The Labute approximate surface area is 217 Å². The van der Waals surface area contributed by atoms with E-state index in [1.807, 2.05) is 67.6 Å². The largest absolute Gasteiger partial charge is 0.493 e. The van der Waals surface area contributed by atoms with E-state index >= 15 is 0 Å². The van der Waals surface area contributed by atoms with Crippen LogP contribution in [0.5, 0.6) is 28.7 Å². The fourth-order valence-corrected chi connectivity index (χ4v) is 4.52. The highest BCUT2D eigenvalue weighted by molar-refractivity contribution is 5.88. The van der Waals surface area contributed by atoms with Gasteiger partial charge in [-0.25, -0.2) is 0 Å². The van der Waals surface area contributed by atoms with E-state index in [2.05, 4.69) is 22.2 Å². The molecule has 1 aromatic heterocycles. The molecule has 1 aliphatic heterocycles. The fraction of sp³-hybridized carbons (Fsp3) is 0.300. The van der Waals surface area contributed by atoms with E-state index in [4.69, 9.17) is 18.9 Å². The smallest absolute Gasteiger partial charge is 0.162 e. The number of aryl methyl sites for hydroxylation is 1. The summed E-state index contributed by atoms with van der Waals surface area (Å²) >= 11 is 0. The summed E-state index contributed by atoms with van der Waals surface area (Å²) in [6, 6.07) is 19.8. The lowest BCUT2D eigenvalue weighted by Gasteiger charge is -2.29. The summed E-state index contributed by atoms with van der Waals surface area (Å²) < 4.78 is 23.5. The number of aromatic nitrogens is 1. The van der Waals surface area contributed by atoms with Crippen LogP contribution >= 0.6 is 0 Å². The van der Waals surface area contributed by atoms with Crippen molar-refractivity contribution in [2.45, 2.75) is 25.9 Å². The molecule has 7 nitrogen and oxygen atoms in total. The average Bonchev–Trinajstić information content (AvgIpc) is 2.92. The quantitative estimate of drug-likeness (QED) is 0.294. The molecule has 0 spiro atoms. The highest BCUT2D eigenvalue weighted by Crippen LogP contribution is 2.38. The molecule has 37 heavy (non-hydrogen) atoms. The molecule has 4 aromatic rings. The lowest BCUT2D eigenvalue weighted by atomic mass is 10.1. The third-order valence-corrected chi connectivity index (χ3v) is 6.73. The van der Waals surface area contributed by atoms with Crippen molar-refractivity contribution in [1.29, 1.82) is 0 Å². The Kier molecular flexibility index (Phi) is 7.32. The van der Waals surface area contributed by atoms with E-state index in [0.717, 1.165) is 65.3 Å². The Hall–Kier alpha value is -3.97. The summed E-state index contributed by atoms with van der Waals surface area (Å²) in [4.78, 5) is 6.82. The molecule has 7 heteroatoms. The van der Waals surface area contributed by atoms with Gasteiger partial charge in [0.25, 0.3) is 0 Å². The standard InChI is InChI=1S/C30H33N3O4/c1-20-5-6-22(32-21-7-9-23(10-8-21)36-24-12-15-33(2)16-13-24)17-28(20)37-27-11-14-31-26-19-30(35-4)29(34-3)18-25(26)27/h5-11,14,17-19,24,32H,12-13,15-16H2,1-4H3. The topological polar surface area (TPSA) is 65.1 Å². The van der Waals surface area contributed by atoms with Crippen LogP contribution in [0, 0.1) is 6.92 Å². The molecule has 0 bridgehead atoms. The molecular formula is C30H33N3O4. The Morgan fingerprint density at radius 3 is 2.24 bits per heavy atom. The van der Waals surface area contributed by atoms with E-state index < -0.39 is 0 Å². The molecule has 0 unspecified atom stereocenters. The molecule has 0 amide bonds. The number of likely N-dealkylation sites (tertiary alicyclic amines) is 1. The molecule has 0 aliphatic carbocycles. The number of anilines is 2. The predicted octanol–water partition coefficient (Wildman–Crippen LogP) is 6.57. The Bertz CT molecular complexity index is 1370. The van der Waals surface area contributed by atoms with E-state index in [1.165, 1.54) is 0 Å². The minimum absolute atomic E-state index is 0.289. The van der Waals surface area contributed by atoms with Crippen LogP contribution in [0.25, 0.3) is 10.9 Å². The van der Waals surface area contributed by atoms with Crippen LogP contribution in [-0.4, -0.2) is 50.3 Å². The highest BCUT2D eigenvalue weighted by Gasteiger charge is 2.18. The minimum Gasteiger partial charge on any atom is -0.493 e. The summed E-state index contributed by atoms with van der Waals surface area (Å²) in [5.74, 6) is 3.62. The molecule has 0 atom stereocenters. The van der Waals surface area contributed by atoms with E-state index in [-0.39, 0.29) is 6.10 Å². The zero-order valence-corrected chi connectivity index (χ0v) is 21.8. The molecule has 3 aromatic carbocycles. The van der Waals surface area contributed by atoms with Crippen LogP contribution in [0.2, 0.25) is 0 Å². The second-order valence-electron chi connectivity index (χ2n) is 9.39. The third-order valence-electron chi connectivity index (χ3n) is 6.73. The van der Waals surface area contributed by atoms with Gasteiger partial charge in [-0.15, -0.1) is 0 Å². The van der Waals surface area contributed by atoms with Crippen molar-refractivity contribution >= 4 is 22.3 Å². The van der Waals surface area contributed by atoms with Crippen molar-refractivity contribution < 1.29 is 18.9 Å². The second kappa shape index (κ2) is 11.0. The summed E-state index contributed by atoms with van der Waals surface area (Å²) in [7, 11) is 5.39. The lowest BCUT2D eigenvalue weighted by Crippen LogP contribution is -2.35. The van der Waals surface area contributed by atoms with Crippen molar-refractivity contribution in [3.63, 3.8) is 0 Å². The van der Waals surface area contributed by atoms with Gasteiger partial charge in [-0.2, -0.15) is 0 Å². The van der Waals surface area contributed by atoms with Gasteiger partial charge < -0.3 is 29.2 Å². The maximum Gasteiger partial charge on any atom is 0.162 e. The number of nitrogens with one attached hydrogen (secondary N) is 1. The SMILES string of the molecule is COc1cc2nccc(Oc3cc(Nc4ccc(OC5CCN(C)CC5)cc4)ccc3C)c2cc1OC. The maximum absolute atomic E-state index is 6.39. The molecule has 1 saturated heterocycles. The number of hydrogen-bond donors (Lipinski definition) is 1. The summed E-state index contributed by atoms with van der Waals surface area (Å²) in [6.07, 6.45) is 4.15. The Morgan fingerprint density at radius 2 is 1.51 bits per heavy atom. The first-order valence-electron chi connectivity index (χ1n) is 12.5. The lowest BCUT2D eigenvalue weighted by molar-refractivity contribution is 0.114. The van der Waals surface area contributed by atoms with Crippen LogP contribution in [0.3, 0.4) is 0 Å². The molecule has 1 N–H and O–H groups in total. The molecule has 192 valence electrons. The van der Waals surface area contributed by atoms with Crippen molar-refractivity contribution in [2.75, 3.05) is 39.7 Å². The van der Waals surface area contributed by atoms with Crippen LogP contribution in [-0.2, 0) is 0 Å². The highest BCUT2D eigenvalue weighted by atomic mass is 16.5. The van der Waals surface area contributed by atoms with Gasteiger partial charge in [-0.05, 0) is 74.8 Å². The zero-order valence-electron chi connectivity index (χ0n) is 21.8. The van der Waals surface area contributed by atoms with Crippen molar-refractivity contribution in [1.82, 2.24) is 9.88 Å². The first kappa shape index (κ1) is 24.7. The number of hydrogen-bond acceptors (Lipinski definition) is 7. The summed E-state index contributed by atoms with van der Waals surface area (Å²) in [6.45, 7) is 4.19. The van der Waals surface area contributed by atoms with Crippen LogP contribution in [0.4, 0.5) is 11.4 Å². The first-order valence-corrected chi connectivity index (χ1v) is 12.5. The monoisotopic (exact) mass is 499 g/mol. The Balaban J connectivity index is 1.31. The van der Waals surface area contributed by atoms with Crippen LogP contribution < -0.4 is 24.3 Å². The molecule has 0 saturated carbocycles. The van der Waals surface area contributed by atoms with Gasteiger partial charge in [0.05, 0.1) is 19.7 Å². The van der Waals surface area contributed by atoms with Gasteiger partial charge in [-0.1, -0.05) is 6.07 Å². The molecule has 1 fully saturated rings. The van der Waals surface area contributed by atoms with Gasteiger partial charge in [0, 0.05) is 48.2 Å².